The Morgan fingerprint density at radius 2 is 1.89 bits per heavy atom. The van der Waals surface area contributed by atoms with E-state index in [9.17, 15) is 5.11 Å². The maximum absolute atomic E-state index is 9.83. The van der Waals surface area contributed by atoms with Gasteiger partial charge in [0.05, 0.1) is 0 Å². The lowest BCUT2D eigenvalue weighted by molar-refractivity contribution is 0.0202. The van der Waals surface area contributed by atoms with Gasteiger partial charge in [0.15, 0.2) is 0 Å². The van der Waals surface area contributed by atoms with Gasteiger partial charge in [0.2, 0.25) is 0 Å². The molecule has 0 aromatic heterocycles. The largest absolute Gasteiger partial charge is 0.508 e. The van der Waals surface area contributed by atoms with Crippen LogP contribution in [-0.4, -0.2) is 35.7 Å². The first-order valence-electron chi connectivity index (χ1n) is 12.6. The van der Waals surface area contributed by atoms with Crippen molar-refractivity contribution in [2.24, 2.45) is 17.7 Å². The zero-order valence-corrected chi connectivity index (χ0v) is 21.2. The first-order valence-corrected chi connectivity index (χ1v) is 12.6. The number of hydrogen-bond donors (Lipinski definition) is 2. The molecule has 1 aliphatic heterocycles. The molecule has 4 rings (SSSR count). The third-order valence-corrected chi connectivity index (χ3v) is 7.33. The number of rotatable bonds is 9. The molecule has 0 bridgehead atoms. The van der Waals surface area contributed by atoms with Crippen LogP contribution in [-0.2, 0) is 4.84 Å². The Morgan fingerprint density at radius 3 is 2.51 bits per heavy atom. The van der Waals surface area contributed by atoms with E-state index < -0.39 is 0 Å². The Bertz CT molecular complexity index is 1090. The SMILES string of the molecule is C=C(/C(=C(\ON)[C@H]1C=CC(O)=CC1)c1ccc(OC2CN(CCC)C2)cc1)[C@@H]1CC=CC(C)=C1C. The van der Waals surface area contributed by atoms with Gasteiger partial charge in [-0.2, -0.15) is 5.90 Å². The number of aliphatic hydroxyl groups excluding tert-OH is 1. The Kier molecular flexibility index (Phi) is 7.99. The molecule has 0 amide bonds. The van der Waals surface area contributed by atoms with Crippen LogP contribution in [0.2, 0.25) is 0 Å². The van der Waals surface area contributed by atoms with Crippen LogP contribution in [0.4, 0.5) is 0 Å². The second-order valence-corrected chi connectivity index (χ2v) is 9.79. The van der Waals surface area contributed by atoms with Gasteiger partial charge in [-0.05, 0) is 75.1 Å². The normalized spacial score (nSPS) is 23.5. The molecule has 5 heteroatoms. The molecule has 1 aromatic rings. The minimum Gasteiger partial charge on any atom is -0.508 e. The lowest BCUT2D eigenvalue weighted by atomic mass is 9.77. The molecule has 2 aliphatic carbocycles. The Hall–Kier alpha value is -3.02. The second-order valence-electron chi connectivity index (χ2n) is 9.79. The number of benzene rings is 1. The van der Waals surface area contributed by atoms with Gasteiger partial charge in [-0.3, -0.25) is 4.90 Å². The summed E-state index contributed by atoms with van der Waals surface area (Å²) < 4.78 is 6.19. The quantitative estimate of drug-likeness (QED) is 0.252. The van der Waals surface area contributed by atoms with Gasteiger partial charge in [-0.15, -0.1) is 0 Å². The van der Waals surface area contributed by atoms with Gasteiger partial charge in [0.25, 0.3) is 0 Å². The molecule has 3 N–H and O–H groups in total. The predicted octanol–water partition coefficient (Wildman–Crippen LogP) is 6.25. The van der Waals surface area contributed by atoms with Crippen molar-refractivity contribution < 1.29 is 14.7 Å². The fourth-order valence-electron chi connectivity index (χ4n) is 5.15. The standard InChI is InChI=1S/C30H38N2O3/c1-5-17-32-18-27(19-32)34-26-15-11-23(12-16-26)29(22(4)28-8-6-7-20(2)21(28)3)30(35-31)24-9-13-25(33)14-10-24/h6-7,9,11-16,24,27-28,33H,4-5,8,10,17-19,31H2,1-3H3/b30-29+/t24-,28+/m0/s1. The summed E-state index contributed by atoms with van der Waals surface area (Å²) in [7, 11) is 0. The second kappa shape index (κ2) is 11.1. The summed E-state index contributed by atoms with van der Waals surface area (Å²) in [6.45, 7) is 14.2. The number of ether oxygens (including phenoxy) is 1. The van der Waals surface area contributed by atoms with E-state index in [2.05, 4.69) is 56.5 Å². The number of hydrogen-bond acceptors (Lipinski definition) is 5. The van der Waals surface area contributed by atoms with Crippen LogP contribution >= 0.6 is 0 Å². The Labute approximate surface area is 209 Å². The van der Waals surface area contributed by atoms with E-state index in [1.54, 1.807) is 12.2 Å². The highest BCUT2D eigenvalue weighted by atomic mass is 16.6. The molecule has 2 atom stereocenters. The minimum atomic E-state index is -0.0809. The molecule has 5 nitrogen and oxygen atoms in total. The monoisotopic (exact) mass is 474 g/mol. The zero-order chi connectivity index (χ0) is 24.9. The summed E-state index contributed by atoms with van der Waals surface area (Å²) in [5.41, 5.74) is 5.49. The summed E-state index contributed by atoms with van der Waals surface area (Å²) in [5.74, 6) is 7.78. The van der Waals surface area contributed by atoms with Crippen molar-refractivity contribution in [1.29, 1.82) is 0 Å². The minimum absolute atomic E-state index is 0.0809. The number of nitrogens with two attached hydrogens (primary N) is 1. The summed E-state index contributed by atoms with van der Waals surface area (Å²) in [6.07, 6.45) is 12.7. The van der Waals surface area contributed by atoms with E-state index >= 15 is 0 Å². The van der Waals surface area contributed by atoms with Crippen molar-refractivity contribution in [3.05, 3.63) is 95.0 Å². The highest BCUT2D eigenvalue weighted by molar-refractivity contribution is 5.82. The molecule has 1 saturated heterocycles. The van der Waals surface area contributed by atoms with Crippen molar-refractivity contribution in [2.75, 3.05) is 19.6 Å². The predicted molar refractivity (Wildman–Crippen MR) is 143 cm³/mol. The van der Waals surface area contributed by atoms with Crippen molar-refractivity contribution in [2.45, 2.75) is 46.1 Å². The van der Waals surface area contributed by atoms with E-state index in [0.29, 0.717) is 12.2 Å². The average molecular weight is 475 g/mol. The maximum Gasteiger partial charge on any atom is 0.139 e. The van der Waals surface area contributed by atoms with Gasteiger partial charge in [0.1, 0.15) is 23.4 Å². The summed E-state index contributed by atoms with van der Waals surface area (Å²) in [4.78, 5) is 7.97. The van der Waals surface area contributed by atoms with Gasteiger partial charge in [-0.25, -0.2) is 0 Å². The van der Waals surface area contributed by atoms with E-state index in [0.717, 1.165) is 48.5 Å². The molecule has 1 heterocycles. The van der Waals surface area contributed by atoms with Crippen molar-refractivity contribution in [3.8, 4) is 5.75 Å². The van der Waals surface area contributed by atoms with Crippen LogP contribution in [0.5, 0.6) is 5.75 Å². The van der Waals surface area contributed by atoms with E-state index in [4.69, 9.17) is 15.5 Å². The van der Waals surface area contributed by atoms with Crippen LogP contribution < -0.4 is 10.6 Å². The van der Waals surface area contributed by atoms with E-state index in [1.165, 1.54) is 17.6 Å². The number of allylic oxidation sites excluding steroid dienone is 9. The number of nitrogens with zero attached hydrogens (tertiary/aromatic N) is 1. The molecule has 3 aliphatic rings. The van der Waals surface area contributed by atoms with Crippen LogP contribution in [0.3, 0.4) is 0 Å². The Balaban J connectivity index is 1.63. The van der Waals surface area contributed by atoms with Gasteiger partial charge < -0.3 is 14.7 Å². The first-order chi connectivity index (χ1) is 16.9. The molecule has 0 spiro atoms. The van der Waals surface area contributed by atoms with Crippen LogP contribution in [0.15, 0.2) is 89.5 Å². The smallest absolute Gasteiger partial charge is 0.139 e. The maximum atomic E-state index is 9.83. The topological polar surface area (TPSA) is 68.0 Å². The highest BCUT2D eigenvalue weighted by Crippen LogP contribution is 2.41. The highest BCUT2D eigenvalue weighted by Gasteiger charge is 2.29. The summed E-state index contributed by atoms with van der Waals surface area (Å²) >= 11 is 0. The lowest BCUT2D eigenvalue weighted by Crippen LogP contribution is -2.53. The van der Waals surface area contributed by atoms with Crippen molar-refractivity contribution in [1.82, 2.24) is 4.90 Å². The molecule has 35 heavy (non-hydrogen) atoms. The first kappa shape index (κ1) is 25.1. The van der Waals surface area contributed by atoms with Crippen molar-refractivity contribution >= 4 is 5.57 Å². The third-order valence-electron chi connectivity index (χ3n) is 7.33. The summed E-state index contributed by atoms with van der Waals surface area (Å²) in [5, 5.41) is 9.83. The average Bonchev–Trinajstić information content (AvgIpc) is 2.84. The number of aliphatic hydroxyl groups is 1. The molecule has 0 radical (unpaired) electrons. The zero-order valence-electron chi connectivity index (χ0n) is 21.2. The van der Waals surface area contributed by atoms with Crippen LogP contribution in [0, 0.1) is 11.8 Å². The fourth-order valence-corrected chi connectivity index (χ4v) is 5.15. The van der Waals surface area contributed by atoms with Crippen LogP contribution in [0.25, 0.3) is 5.57 Å². The molecule has 1 fully saturated rings. The summed E-state index contributed by atoms with van der Waals surface area (Å²) in [6, 6.07) is 8.19. The molecule has 0 saturated carbocycles. The van der Waals surface area contributed by atoms with Gasteiger partial charge >= 0.3 is 0 Å². The van der Waals surface area contributed by atoms with Gasteiger partial charge in [0, 0.05) is 30.5 Å². The van der Waals surface area contributed by atoms with E-state index in [-0.39, 0.29) is 23.7 Å². The lowest BCUT2D eigenvalue weighted by Gasteiger charge is -2.38. The molecule has 186 valence electrons. The van der Waals surface area contributed by atoms with Crippen LogP contribution in [0.1, 0.15) is 45.6 Å². The van der Waals surface area contributed by atoms with E-state index in [1.807, 2.05) is 18.2 Å². The molecular weight excluding hydrogens is 436 g/mol. The number of likely N-dealkylation sites (tertiary alicyclic amines) is 1. The molecular formula is C30H38N2O3. The third kappa shape index (κ3) is 5.63. The van der Waals surface area contributed by atoms with Gasteiger partial charge in [-0.1, -0.05) is 55.0 Å². The Morgan fingerprint density at radius 1 is 1.14 bits per heavy atom. The molecule has 0 unspecified atom stereocenters. The molecule has 1 aromatic carbocycles. The fraction of sp³-hybridized carbons (Fsp3) is 0.400. The van der Waals surface area contributed by atoms with Crippen molar-refractivity contribution in [3.63, 3.8) is 0 Å².